The summed E-state index contributed by atoms with van der Waals surface area (Å²) in [5, 5.41) is 2.70. The molecule has 0 aliphatic carbocycles. The van der Waals surface area contributed by atoms with Crippen LogP contribution in [-0.4, -0.2) is 72.0 Å². The Bertz CT molecular complexity index is 945. The van der Waals surface area contributed by atoms with Gasteiger partial charge in [-0.1, -0.05) is 32.4 Å². The number of aromatic nitrogens is 2. The Kier molecular flexibility index (Phi) is 7.28. The molecule has 0 spiro atoms. The van der Waals surface area contributed by atoms with E-state index >= 15 is 0 Å². The molecule has 9 heteroatoms. The molecule has 0 saturated carbocycles. The number of ether oxygens (including phenoxy) is 2. The predicted octanol–water partition coefficient (Wildman–Crippen LogP) is 1.28. The van der Waals surface area contributed by atoms with Crippen LogP contribution in [0.15, 0.2) is 29.1 Å². The van der Waals surface area contributed by atoms with Gasteiger partial charge in [0.1, 0.15) is 6.04 Å². The molecule has 1 saturated heterocycles. The number of nitrogens with one attached hydrogen (secondary N) is 1. The minimum absolute atomic E-state index is 0.133. The van der Waals surface area contributed by atoms with Crippen LogP contribution in [-0.2, 0) is 20.8 Å². The van der Waals surface area contributed by atoms with E-state index in [1.807, 2.05) is 26.0 Å². The van der Waals surface area contributed by atoms with Crippen molar-refractivity contribution in [3.63, 3.8) is 0 Å². The lowest BCUT2D eigenvalue weighted by molar-refractivity contribution is -0.144. The number of benzene rings is 1. The first-order chi connectivity index (χ1) is 14.5. The molecular weight excluding hydrogens is 388 g/mol. The quantitative estimate of drug-likeness (QED) is 0.681. The zero-order valence-electron chi connectivity index (χ0n) is 17.8. The normalized spacial score (nSPS) is 16.9. The second-order valence-corrected chi connectivity index (χ2v) is 7.55. The van der Waals surface area contributed by atoms with E-state index in [9.17, 15) is 14.4 Å². The van der Waals surface area contributed by atoms with Crippen molar-refractivity contribution in [1.82, 2.24) is 19.4 Å². The largest absolute Gasteiger partial charge is 0.467 e. The molecule has 1 amide bonds. The van der Waals surface area contributed by atoms with Gasteiger partial charge in [0.25, 0.3) is 0 Å². The molecule has 1 aliphatic heterocycles. The first-order valence-electron chi connectivity index (χ1n) is 10.4. The highest BCUT2D eigenvalue weighted by atomic mass is 16.5. The number of para-hydroxylation sites is 2. The molecular formula is C21H30N4O5. The van der Waals surface area contributed by atoms with Crippen molar-refractivity contribution in [3.05, 3.63) is 34.7 Å². The fraction of sp³-hybridized carbons (Fsp3) is 0.571. The summed E-state index contributed by atoms with van der Waals surface area (Å²) in [5.74, 6) is -0.659. The van der Waals surface area contributed by atoms with E-state index in [-0.39, 0.29) is 5.92 Å². The molecule has 0 bridgehead atoms. The summed E-state index contributed by atoms with van der Waals surface area (Å²) in [6.07, 6.45) is 0.677. The third-order valence-electron chi connectivity index (χ3n) is 5.73. The van der Waals surface area contributed by atoms with Crippen molar-refractivity contribution >= 4 is 23.0 Å². The van der Waals surface area contributed by atoms with E-state index in [0.717, 1.165) is 17.7 Å². The number of nitrogens with zero attached hydrogens (tertiary/aromatic N) is 3. The van der Waals surface area contributed by atoms with Gasteiger partial charge in [-0.2, -0.15) is 0 Å². The Morgan fingerprint density at radius 2 is 1.83 bits per heavy atom. The Morgan fingerprint density at radius 1 is 1.17 bits per heavy atom. The van der Waals surface area contributed by atoms with Crippen LogP contribution in [0.4, 0.5) is 4.79 Å². The number of methoxy groups -OCH3 is 1. The number of carbonyl (C=O) groups is 2. The first kappa shape index (κ1) is 22.0. The van der Waals surface area contributed by atoms with Gasteiger partial charge >= 0.3 is 17.7 Å². The van der Waals surface area contributed by atoms with Crippen molar-refractivity contribution < 1.29 is 19.1 Å². The van der Waals surface area contributed by atoms with Crippen LogP contribution in [0.3, 0.4) is 0 Å². The van der Waals surface area contributed by atoms with Gasteiger partial charge in [-0.25, -0.2) is 19.0 Å². The van der Waals surface area contributed by atoms with E-state index in [1.165, 1.54) is 7.11 Å². The van der Waals surface area contributed by atoms with Gasteiger partial charge in [0.15, 0.2) is 0 Å². The van der Waals surface area contributed by atoms with E-state index < -0.39 is 23.7 Å². The van der Waals surface area contributed by atoms with Crippen LogP contribution in [0.1, 0.15) is 20.3 Å². The van der Waals surface area contributed by atoms with Gasteiger partial charge in [-0.15, -0.1) is 0 Å². The minimum atomic E-state index is -0.824. The number of hydrogen-bond donors (Lipinski definition) is 1. The summed E-state index contributed by atoms with van der Waals surface area (Å²) >= 11 is 0. The standard InChI is InChI=1S/C21H30N4O5/c1-4-15(2)18(19(26)29-3)22-20(27)25-17-8-6-5-7-16(17)24(21(25)28)10-9-23-11-13-30-14-12-23/h5-8,15,18H,4,9-14H2,1-3H3,(H,22,27)/t15?,18-/m0/s1. The van der Waals surface area contributed by atoms with Crippen molar-refractivity contribution in [3.8, 4) is 0 Å². The molecule has 0 radical (unpaired) electrons. The summed E-state index contributed by atoms with van der Waals surface area (Å²) in [6, 6.07) is 5.73. The maximum absolute atomic E-state index is 13.2. The smallest absolute Gasteiger partial charge is 0.337 e. The van der Waals surface area contributed by atoms with Gasteiger partial charge in [0, 0.05) is 26.2 Å². The monoisotopic (exact) mass is 418 g/mol. The zero-order chi connectivity index (χ0) is 21.7. The average molecular weight is 418 g/mol. The predicted molar refractivity (Wildman–Crippen MR) is 113 cm³/mol. The van der Waals surface area contributed by atoms with Crippen LogP contribution in [0.2, 0.25) is 0 Å². The number of imidazole rings is 1. The van der Waals surface area contributed by atoms with E-state index in [2.05, 4.69) is 10.2 Å². The van der Waals surface area contributed by atoms with E-state index in [1.54, 1.807) is 16.7 Å². The number of fused-ring (bicyclic) bond motifs is 1. The molecule has 2 heterocycles. The lowest BCUT2D eigenvalue weighted by Crippen LogP contribution is -2.49. The van der Waals surface area contributed by atoms with Crippen LogP contribution in [0.5, 0.6) is 0 Å². The SMILES string of the molecule is CCC(C)[C@H](NC(=O)n1c(=O)n(CCN2CCOCC2)c2ccccc21)C(=O)OC. The molecule has 1 unspecified atom stereocenters. The molecule has 1 aromatic carbocycles. The lowest BCUT2D eigenvalue weighted by atomic mass is 9.99. The zero-order valence-corrected chi connectivity index (χ0v) is 17.8. The van der Waals surface area contributed by atoms with Gasteiger partial charge in [-0.05, 0) is 18.1 Å². The Morgan fingerprint density at radius 3 is 2.47 bits per heavy atom. The van der Waals surface area contributed by atoms with Crippen molar-refractivity contribution in [1.29, 1.82) is 0 Å². The Hall–Kier alpha value is -2.65. The molecule has 2 atom stereocenters. The molecule has 2 aromatic rings. The molecule has 9 nitrogen and oxygen atoms in total. The van der Waals surface area contributed by atoms with Gasteiger partial charge in [0.05, 0.1) is 31.4 Å². The molecule has 1 N–H and O–H groups in total. The van der Waals surface area contributed by atoms with Crippen molar-refractivity contribution in [2.45, 2.75) is 32.9 Å². The number of rotatable bonds is 7. The second kappa shape index (κ2) is 9.90. The van der Waals surface area contributed by atoms with Crippen LogP contribution in [0, 0.1) is 5.92 Å². The van der Waals surface area contributed by atoms with Crippen LogP contribution < -0.4 is 11.0 Å². The molecule has 3 rings (SSSR count). The second-order valence-electron chi connectivity index (χ2n) is 7.55. The molecule has 1 aromatic heterocycles. The van der Waals surface area contributed by atoms with Crippen LogP contribution >= 0.6 is 0 Å². The number of carbonyl (C=O) groups excluding carboxylic acids is 2. The average Bonchev–Trinajstić information content (AvgIpc) is 3.06. The summed E-state index contributed by atoms with van der Waals surface area (Å²) < 4.78 is 12.9. The Labute approximate surface area is 175 Å². The van der Waals surface area contributed by atoms with Crippen LogP contribution in [0.25, 0.3) is 11.0 Å². The fourth-order valence-electron chi connectivity index (χ4n) is 3.68. The summed E-state index contributed by atoms with van der Waals surface area (Å²) in [5.41, 5.74) is 0.772. The summed E-state index contributed by atoms with van der Waals surface area (Å²) in [4.78, 5) is 40.6. The lowest BCUT2D eigenvalue weighted by Gasteiger charge is -2.26. The number of hydrogen-bond acceptors (Lipinski definition) is 6. The molecule has 30 heavy (non-hydrogen) atoms. The third-order valence-corrected chi connectivity index (χ3v) is 5.73. The van der Waals surface area contributed by atoms with Gasteiger partial charge in [0.2, 0.25) is 0 Å². The van der Waals surface area contributed by atoms with Gasteiger partial charge in [-0.3, -0.25) is 9.47 Å². The highest BCUT2D eigenvalue weighted by Gasteiger charge is 2.29. The third kappa shape index (κ3) is 4.57. The topological polar surface area (TPSA) is 94.8 Å². The number of morpholine rings is 1. The molecule has 164 valence electrons. The maximum atomic E-state index is 13.2. The first-order valence-corrected chi connectivity index (χ1v) is 10.4. The van der Waals surface area contributed by atoms with Crippen molar-refractivity contribution in [2.75, 3.05) is 40.0 Å². The summed E-state index contributed by atoms with van der Waals surface area (Å²) in [6.45, 7) is 7.95. The molecule has 1 fully saturated rings. The number of esters is 1. The minimum Gasteiger partial charge on any atom is -0.467 e. The van der Waals surface area contributed by atoms with E-state index in [4.69, 9.17) is 9.47 Å². The van der Waals surface area contributed by atoms with E-state index in [0.29, 0.717) is 43.8 Å². The number of amides is 1. The van der Waals surface area contributed by atoms with Gasteiger partial charge < -0.3 is 14.8 Å². The highest BCUT2D eigenvalue weighted by Crippen LogP contribution is 2.14. The Balaban J connectivity index is 1.89. The fourth-order valence-corrected chi connectivity index (χ4v) is 3.68. The highest BCUT2D eigenvalue weighted by molar-refractivity contribution is 5.91. The molecule has 1 aliphatic rings. The summed E-state index contributed by atoms with van der Waals surface area (Å²) in [7, 11) is 1.29. The maximum Gasteiger partial charge on any atom is 0.337 e. The van der Waals surface area contributed by atoms with Crippen molar-refractivity contribution in [2.24, 2.45) is 5.92 Å².